The first kappa shape index (κ1) is 32.5. The number of benzene rings is 3. The summed E-state index contributed by atoms with van der Waals surface area (Å²) in [6, 6.07) is 24.6. The highest BCUT2D eigenvalue weighted by Gasteiger charge is 2.51. The van der Waals surface area contributed by atoms with E-state index >= 15 is 0 Å². The molecule has 2 fully saturated rings. The molecule has 4 aliphatic rings. The molecule has 2 unspecified atom stereocenters. The van der Waals surface area contributed by atoms with Crippen molar-refractivity contribution in [3.8, 4) is 22.5 Å². The predicted molar refractivity (Wildman–Crippen MR) is 192 cm³/mol. The van der Waals surface area contributed by atoms with E-state index in [0.717, 1.165) is 37.2 Å². The van der Waals surface area contributed by atoms with Crippen molar-refractivity contribution in [2.24, 2.45) is 11.3 Å². The molecule has 1 spiro atoms. The van der Waals surface area contributed by atoms with Crippen LogP contribution in [0.2, 0.25) is 0 Å². The van der Waals surface area contributed by atoms with Crippen molar-refractivity contribution in [1.82, 2.24) is 24.0 Å². The second-order valence-electron chi connectivity index (χ2n) is 15.4. The molecular weight excluding hydrogens is 647 g/mol. The fourth-order valence-electron chi connectivity index (χ4n) is 8.60. The van der Waals surface area contributed by atoms with Crippen LogP contribution >= 0.6 is 0 Å². The van der Waals surface area contributed by atoms with E-state index in [4.69, 9.17) is 4.74 Å². The van der Waals surface area contributed by atoms with E-state index < -0.39 is 15.4 Å². The molecule has 258 valence electrons. The van der Waals surface area contributed by atoms with Gasteiger partial charge in [-0.25, -0.2) is 23.2 Å². The average molecular weight is 690 g/mol. The molecule has 5 aromatic rings. The van der Waals surface area contributed by atoms with E-state index in [1.165, 1.54) is 47.0 Å². The number of carbonyl (C=O) groups is 1. The molecule has 3 aromatic carbocycles. The number of rotatable bonds is 3. The lowest BCUT2D eigenvalue weighted by Crippen LogP contribution is -2.51. The van der Waals surface area contributed by atoms with Crippen LogP contribution in [0.15, 0.2) is 103 Å². The highest BCUT2D eigenvalue weighted by Crippen LogP contribution is 2.59. The minimum Gasteiger partial charge on any atom is -0.444 e. The Balaban J connectivity index is 0.000000149. The molecule has 2 atom stereocenters. The summed E-state index contributed by atoms with van der Waals surface area (Å²) in [5, 5.41) is 0. The maximum absolute atomic E-state index is 12.3. The van der Waals surface area contributed by atoms with Crippen molar-refractivity contribution in [3.63, 3.8) is 0 Å². The maximum atomic E-state index is 12.3. The third-order valence-electron chi connectivity index (χ3n) is 10.9. The number of nitrogens with zero attached hydrogens (tertiary/aromatic N) is 5. The van der Waals surface area contributed by atoms with E-state index in [9.17, 15) is 13.2 Å². The highest BCUT2D eigenvalue weighted by molar-refractivity contribution is 7.90. The van der Waals surface area contributed by atoms with Crippen LogP contribution in [-0.4, -0.2) is 63.5 Å². The lowest BCUT2D eigenvalue weighted by molar-refractivity contribution is -0.0362. The number of carbonyl (C=O) groups excluding carboxylic acids is 1. The summed E-state index contributed by atoms with van der Waals surface area (Å²) in [7, 11) is -3.17. The average Bonchev–Trinajstić information content (AvgIpc) is 3.85. The minimum atomic E-state index is -3.17. The first-order valence-electron chi connectivity index (χ1n) is 17.4. The molecule has 5 heterocycles. The van der Waals surface area contributed by atoms with Crippen molar-refractivity contribution in [3.05, 3.63) is 115 Å². The number of hydrogen-bond donors (Lipinski definition) is 0. The Kier molecular flexibility index (Phi) is 7.78. The normalized spacial score (nSPS) is 20.2. The smallest absolute Gasteiger partial charge is 0.410 e. The van der Waals surface area contributed by atoms with Gasteiger partial charge in [-0.2, -0.15) is 0 Å². The van der Waals surface area contributed by atoms with Crippen LogP contribution in [0.3, 0.4) is 0 Å². The molecule has 9 nitrogen and oxygen atoms in total. The Labute approximate surface area is 293 Å². The summed E-state index contributed by atoms with van der Waals surface area (Å²) in [4.78, 5) is 23.2. The SMILES string of the molecule is CC(C)(C)OC(=O)N1CCC2(CC1)CC(C1c3ccccc3-c3cncn31)C2.CS(=O)(=O)c1ccc(C2c3ccccc3-c3cncn32)cc1. The van der Waals surface area contributed by atoms with Crippen molar-refractivity contribution in [1.29, 1.82) is 0 Å². The first-order valence-corrected chi connectivity index (χ1v) is 19.3. The van der Waals surface area contributed by atoms with Gasteiger partial charge < -0.3 is 18.8 Å². The molecule has 1 saturated heterocycles. The first-order chi connectivity index (χ1) is 23.9. The number of hydrogen-bond acceptors (Lipinski definition) is 6. The van der Waals surface area contributed by atoms with E-state index in [1.54, 1.807) is 12.1 Å². The fourth-order valence-corrected chi connectivity index (χ4v) is 9.23. The molecule has 10 heteroatoms. The Morgan fingerprint density at radius 1 is 0.800 bits per heavy atom. The molecule has 0 bridgehead atoms. The molecule has 2 aromatic heterocycles. The van der Waals surface area contributed by atoms with E-state index in [0.29, 0.717) is 22.3 Å². The number of likely N-dealkylation sites (tertiary alicyclic amines) is 1. The number of aromatic nitrogens is 4. The van der Waals surface area contributed by atoms with Gasteiger partial charge in [0, 0.05) is 30.5 Å². The van der Waals surface area contributed by atoms with Crippen LogP contribution in [0.1, 0.15) is 75.2 Å². The monoisotopic (exact) mass is 689 g/mol. The molecule has 1 saturated carbocycles. The van der Waals surface area contributed by atoms with Gasteiger partial charge in [0.05, 0.1) is 53.4 Å². The van der Waals surface area contributed by atoms with Crippen molar-refractivity contribution in [2.75, 3.05) is 19.3 Å². The van der Waals surface area contributed by atoms with Crippen molar-refractivity contribution in [2.45, 2.75) is 69.0 Å². The number of piperidine rings is 1. The van der Waals surface area contributed by atoms with Crippen molar-refractivity contribution < 1.29 is 17.9 Å². The largest absolute Gasteiger partial charge is 0.444 e. The second kappa shape index (κ2) is 12.0. The van der Waals surface area contributed by atoms with Gasteiger partial charge in [0.15, 0.2) is 9.84 Å². The fraction of sp³-hybridized carbons (Fsp3) is 0.375. The third kappa shape index (κ3) is 5.73. The highest BCUT2D eigenvalue weighted by atomic mass is 32.2. The molecule has 9 rings (SSSR count). The molecular formula is C40H43N5O4S. The molecule has 50 heavy (non-hydrogen) atoms. The van der Waals surface area contributed by atoms with Gasteiger partial charge in [0.2, 0.25) is 0 Å². The van der Waals surface area contributed by atoms with Crippen molar-refractivity contribution >= 4 is 15.9 Å². The number of amides is 1. The van der Waals surface area contributed by atoms with E-state index in [-0.39, 0.29) is 12.1 Å². The quantitative estimate of drug-likeness (QED) is 0.188. The van der Waals surface area contributed by atoms with Crippen LogP contribution in [0.25, 0.3) is 22.5 Å². The summed E-state index contributed by atoms with van der Waals surface area (Å²) in [5.74, 6) is 0.657. The van der Waals surface area contributed by atoms with Gasteiger partial charge >= 0.3 is 6.09 Å². The maximum Gasteiger partial charge on any atom is 0.410 e. The van der Waals surface area contributed by atoms with E-state index in [1.807, 2.05) is 75.0 Å². The van der Waals surface area contributed by atoms with Crippen LogP contribution < -0.4 is 0 Å². The summed E-state index contributed by atoms with van der Waals surface area (Å²) in [6.45, 7) is 7.42. The second-order valence-corrected chi connectivity index (χ2v) is 17.4. The van der Waals surface area contributed by atoms with Gasteiger partial charge in [0.1, 0.15) is 5.60 Å². The van der Waals surface area contributed by atoms with E-state index in [2.05, 4.69) is 55.5 Å². The van der Waals surface area contributed by atoms with Gasteiger partial charge in [-0.15, -0.1) is 0 Å². The molecule has 1 aliphatic carbocycles. The predicted octanol–water partition coefficient (Wildman–Crippen LogP) is 7.78. The third-order valence-corrected chi connectivity index (χ3v) is 12.1. The summed E-state index contributed by atoms with van der Waals surface area (Å²) < 4.78 is 33.3. The van der Waals surface area contributed by atoms with Crippen LogP contribution in [0.4, 0.5) is 4.79 Å². The Morgan fingerprint density at radius 3 is 1.98 bits per heavy atom. The minimum absolute atomic E-state index is 0.0438. The molecule has 3 aliphatic heterocycles. The standard InChI is InChI=1S/C23H29N3O2.C17H14N2O2S/c1-22(2,3)28-21(27)25-10-8-23(9-11-25)12-16(13-23)20-18-7-5-4-6-17(18)19-14-24-15-26(19)20;1-22(20,21)13-8-6-12(7-9-13)17-15-5-3-2-4-14(15)16-10-18-11-19(16)17/h4-7,14-16,20H,8-13H2,1-3H3;2-11,17H,1H3. The number of sulfone groups is 1. The summed E-state index contributed by atoms with van der Waals surface area (Å²) in [6.07, 6.45) is 13.4. The van der Waals surface area contributed by atoms with Gasteiger partial charge in [-0.1, -0.05) is 60.7 Å². The lowest BCUT2D eigenvalue weighted by atomic mass is 9.55. The topological polar surface area (TPSA) is 99.3 Å². The van der Waals surface area contributed by atoms with Crippen LogP contribution in [0, 0.1) is 11.3 Å². The Morgan fingerprint density at radius 2 is 1.36 bits per heavy atom. The van der Waals surface area contributed by atoms with Gasteiger partial charge in [0.25, 0.3) is 0 Å². The molecule has 0 N–H and O–H groups in total. The zero-order chi connectivity index (χ0) is 34.8. The van der Waals surface area contributed by atoms with Crippen LogP contribution in [0.5, 0.6) is 0 Å². The molecule has 0 radical (unpaired) electrons. The molecule has 1 amide bonds. The lowest BCUT2D eigenvalue weighted by Gasteiger charge is -2.54. The summed E-state index contributed by atoms with van der Waals surface area (Å²) >= 11 is 0. The number of imidazole rings is 2. The number of ether oxygens (including phenoxy) is 1. The van der Waals surface area contributed by atoms with Crippen LogP contribution in [-0.2, 0) is 14.6 Å². The zero-order valence-corrected chi connectivity index (χ0v) is 29.8. The Bertz CT molecular complexity index is 2160. The van der Waals surface area contributed by atoms with Gasteiger partial charge in [-0.3, -0.25) is 0 Å². The number of fused-ring (bicyclic) bond motifs is 6. The Hall–Kier alpha value is -4.70. The summed E-state index contributed by atoms with van der Waals surface area (Å²) in [5.41, 5.74) is 8.56. The van der Waals surface area contributed by atoms with Gasteiger partial charge in [-0.05, 0) is 86.6 Å². The zero-order valence-electron chi connectivity index (χ0n) is 29.0.